The predicted molar refractivity (Wildman–Crippen MR) is 45.3 cm³/mol. The van der Waals surface area contributed by atoms with Gasteiger partial charge in [-0.05, 0) is 26.0 Å². The SMILES string of the molecule is C/C=C/C(=O)/C=C(O)/C=C/C. The molecule has 2 heteroatoms. The number of carbonyl (C=O) groups excluding carboxylic acids is 1. The number of hydrogen-bond acceptors (Lipinski definition) is 2. The molecule has 0 fully saturated rings. The van der Waals surface area contributed by atoms with E-state index < -0.39 is 0 Å². The van der Waals surface area contributed by atoms with E-state index in [0.717, 1.165) is 0 Å². The summed E-state index contributed by atoms with van der Waals surface area (Å²) in [7, 11) is 0. The summed E-state index contributed by atoms with van der Waals surface area (Å²) in [6.07, 6.45) is 7.30. The van der Waals surface area contributed by atoms with Crippen LogP contribution in [0.1, 0.15) is 13.8 Å². The molecule has 2 nitrogen and oxygen atoms in total. The summed E-state index contributed by atoms with van der Waals surface area (Å²) in [6, 6.07) is 0. The van der Waals surface area contributed by atoms with Crippen LogP contribution in [-0.4, -0.2) is 10.9 Å². The maximum atomic E-state index is 10.8. The first-order chi connectivity index (χ1) is 5.20. The van der Waals surface area contributed by atoms with Crippen LogP contribution in [0, 0.1) is 0 Å². The Bertz CT molecular complexity index is 210. The number of hydrogen-bond donors (Lipinski definition) is 1. The lowest BCUT2D eigenvalue weighted by molar-refractivity contribution is -0.110. The molecule has 0 aliphatic rings. The van der Waals surface area contributed by atoms with E-state index in [0.29, 0.717) is 0 Å². The zero-order valence-corrected chi connectivity index (χ0v) is 6.74. The van der Waals surface area contributed by atoms with Crippen molar-refractivity contribution in [2.75, 3.05) is 0 Å². The van der Waals surface area contributed by atoms with Crippen molar-refractivity contribution in [2.45, 2.75) is 13.8 Å². The van der Waals surface area contributed by atoms with Gasteiger partial charge in [0.25, 0.3) is 0 Å². The van der Waals surface area contributed by atoms with Crippen molar-refractivity contribution in [1.29, 1.82) is 0 Å². The Hall–Kier alpha value is -1.31. The van der Waals surface area contributed by atoms with Crippen molar-refractivity contribution in [3.63, 3.8) is 0 Å². The van der Waals surface area contributed by atoms with E-state index in [9.17, 15) is 4.79 Å². The molecule has 0 unspecified atom stereocenters. The third-order valence-electron chi connectivity index (χ3n) is 0.959. The minimum atomic E-state index is -0.205. The zero-order valence-electron chi connectivity index (χ0n) is 6.74. The van der Waals surface area contributed by atoms with Gasteiger partial charge >= 0.3 is 0 Å². The molecule has 60 valence electrons. The van der Waals surface area contributed by atoms with Crippen LogP contribution in [0.4, 0.5) is 0 Å². The number of ketones is 1. The van der Waals surface area contributed by atoms with Crippen LogP contribution < -0.4 is 0 Å². The van der Waals surface area contributed by atoms with E-state index >= 15 is 0 Å². The molecule has 0 aliphatic carbocycles. The fraction of sp³-hybridized carbons (Fsp3) is 0.222. The topological polar surface area (TPSA) is 37.3 Å². The van der Waals surface area contributed by atoms with Crippen LogP contribution >= 0.6 is 0 Å². The molecule has 0 spiro atoms. The molecular weight excluding hydrogens is 140 g/mol. The van der Waals surface area contributed by atoms with Crippen molar-refractivity contribution < 1.29 is 9.90 Å². The normalized spacial score (nSPS) is 13.1. The summed E-state index contributed by atoms with van der Waals surface area (Å²) >= 11 is 0. The lowest BCUT2D eigenvalue weighted by Gasteiger charge is -1.86. The highest BCUT2D eigenvalue weighted by atomic mass is 16.3. The summed E-state index contributed by atoms with van der Waals surface area (Å²) in [5.41, 5.74) is 0. The van der Waals surface area contributed by atoms with Crippen molar-refractivity contribution in [1.82, 2.24) is 0 Å². The molecule has 0 atom stereocenters. The molecule has 1 N–H and O–H groups in total. The average molecular weight is 152 g/mol. The Morgan fingerprint density at radius 1 is 1.18 bits per heavy atom. The van der Waals surface area contributed by atoms with Crippen LogP contribution in [-0.2, 0) is 4.79 Å². The van der Waals surface area contributed by atoms with Crippen LogP contribution in [0.3, 0.4) is 0 Å². The van der Waals surface area contributed by atoms with Gasteiger partial charge in [-0.15, -0.1) is 0 Å². The van der Waals surface area contributed by atoms with Crippen molar-refractivity contribution in [2.24, 2.45) is 0 Å². The van der Waals surface area contributed by atoms with Crippen LogP contribution in [0.15, 0.2) is 36.1 Å². The van der Waals surface area contributed by atoms with E-state index in [1.807, 2.05) is 0 Å². The van der Waals surface area contributed by atoms with E-state index in [4.69, 9.17) is 5.11 Å². The van der Waals surface area contributed by atoms with E-state index in [1.165, 1.54) is 18.2 Å². The van der Waals surface area contributed by atoms with Crippen LogP contribution in [0.2, 0.25) is 0 Å². The standard InChI is InChI=1S/C9H12O2/c1-3-5-8(10)7-9(11)6-4-2/h3-7,10H,1-2H3/b5-3+,6-4+,8-7-. The molecule has 0 aliphatic heterocycles. The molecule has 0 radical (unpaired) electrons. The molecule has 0 bridgehead atoms. The summed E-state index contributed by atoms with van der Waals surface area (Å²) in [6.45, 7) is 3.52. The number of aliphatic hydroxyl groups excluding tert-OH is 1. The van der Waals surface area contributed by atoms with Gasteiger partial charge in [0.05, 0.1) is 0 Å². The fourth-order valence-corrected chi connectivity index (χ4v) is 0.577. The number of carbonyl (C=O) groups is 1. The summed E-state index contributed by atoms with van der Waals surface area (Å²) in [5, 5.41) is 8.97. The van der Waals surface area contributed by atoms with Crippen LogP contribution in [0.25, 0.3) is 0 Å². The third-order valence-corrected chi connectivity index (χ3v) is 0.959. The molecule has 0 amide bonds. The van der Waals surface area contributed by atoms with Gasteiger partial charge in [0.2, 0.25) is 0 Å². The lowest BCUT2D eigenvalue weighted by Crippen LogP contribution is -1.87. The number of aliphatic hydroxyl groups is 1. The fourth-order valence-electron chi connectivity index (χ4n) is 0.577. The second-order valence-corrected chi connectivity index (χ2v) is 1.97. The minimum absolute atomic E-state index is 0.0180. The largest absolute Gasteiger partial charge is 0.508 e. The second-order valence-electron chi connectivity index (χ2n) is 1.97. The molecule has 11 heavy (non-hydrogen) atoms. The smallest absolute Gasteiger partial charge is 0.181 e. The van der Waals surface area contributed by atoms with Crippen LogP contribution in [0.5, 0.6) is 0 Å². The minimum Gasteiger partial charge on any atom is -0.508 e. The second kappa shape index (κ2) is 5.47. The molecule has 0 saturated heterocycles. The lowest BCUT2D eigenvalue weighted by atomic mass is 10.3. The highest BCUT2D eigenvalue weighted by Crippen LogP contribution is 1.91. The summed E-state index contributed by atoms with van der Waals surface area (Å²) in [4.78, 5) is 10.8. The van der Waals surface area contributed by atoms with E-state index in [2.05, 4.69) is 0 Å². The molecule has 0 rings (SSSR count). The first-order valence-electron chi connectivity index (χ1n) is 3.40. The molecule has 0 aromatic heterocycles. The van der Waals surface area contributed by atoms with Crippen molar-refractivity contribution in [3.8, 4) is 0 Å². The highest BCUT2D eigenvalue weighted by Gasteiger charge is 1.90. The monoisotopic (exact) mass is 152 g/mol. The molecular formula is C9H12O2. The van der Waals surface area contributed by atoms with E-state index in [1.54, 1.807) is 26.0 Å². The van der Waals surface area contributed by atoms with Gasteiger partial charge < -0.3 is 5.11 Å². The van der Waals surface area contributed by atoms with Gasteiger partial charge in [-0.2, -0.15) is 0 Å². The molecule has 0 aromatic carbocycles. The summed E-state index contributed by atoms with van der Waals surface area (Å²) in [5.74, 6) is -0.223. The van der Waals surface area contributed by atoms with Crippen molar-refractivity contribution in [3.05, 3.63) is 36.1 Å². The van der Waals surface area contributed by atoms with Gasteiger partial charge in [0, 0.05) is 6.08 Å². The average Bonchev–Trinajstić information content (AvgIpc) is 1.87. The van der Waals surface area contributed by atoms with E-state index in [-0.39, 0.29) is 11.5 Å². The maximum Gasteiger partial charge on any atom is 0.181 e. The van der Waals surface area contributed by atoms with Gasteiger partial charge in [0.1, 0.15) is 5.76 Å². The Balaban J connectivity index is 4.19. The maximum absolute atomic E-state index is 10.8. The predicted octanol–water partition coefficient (Wildman–Crippen LogP) is 2.15. The van der Waals surface area contributed by atoms with Gasteiger partial charge in [0.15, 0.2) is 5.78 Å². The van der Waals surface area contributed by atoms with Gasteiger partial charge in [-0.1, -0.05) is 12.2 Å². The summed E-state index contributed by atoms with van der Waals surface area (Å²) < 4.78 is 0. The first kappa shape index (κ1) is 9.69. The molecule has 0 aromatic rings. The molecule has 0 heterocycles. The highest BCUT2D eigenvalue weighted by molar-refractivity contribution is 5.99. The Kier molecular flexibility index (Phi) is 4.82. The third kappa shape index (κ3) is 5.15. The van der Waals surface area contributed by atoms with Crippen molar-refractivity contribution >= 4 is 5.78 Å². The number of allylic oxidation sites excluding steroid dienone is 5. The van der Waals surface area contributed by atoms with Gasteiger partial charge in [-0.25, -0.2) is 0 Å². The van der Waals surface area contributed by atoms with Gasteiger partial charge in [-0.3, -0.25) is 4.79 Å². The quantitative estimate of drug-likeness (QED) is 0.382. The number of rotatable bonds is 3. The Labute approximate surface area is 66.5 Å². The Morgan fingerprint density at radius 2 is 1.73 bits per heavy atom. The first-order valence-corrected chi connectivity index (χ1v) is 3.40. The Morgan fingerprint density at radius 3 is 2.18 bits per heavy atom. The molecule has 0 saturated carbocycles. The zero-order chi connectivity index (χ0) is 8.69.